The molecule has 1 heterocycles. The van der Waals surface area contributed by atoms with E-state index in [2.05, 4.69) is 5.32 Å². The molecule has 1 aromatic carbocycles. The highest BCUT2D eigenvalue weighted by molar-refractivity contribution is 5.98. The van der Waals surface area contributed by atoms with Crippen molar-refractivity contribution in [1.29, 1.82) is 0 Å². The lowest BCUT2D eigenvalue weighted by atomic mass is 10.1. The predicted octanol–water partition coefficient (Wildman–Crippen LogP) is 3.21. The van der Waals surface area contributed by atoms with Crippen molar-refractivity contribution in [1.82, 2.24) is 0 Å². The molecule has 0 spiro atoms. The summed E-state index contributed by atoms with van der Waals surface area (Å²) >= 11 is 0. The van der Waals surface area contributed by atoms with Gasteiger partial charge in [-0.1, -0.05) is 6.07 Å². The molecule has 1 unspecified atom stereocenters. The van der Waals surface area contributed by atoms with Crippen LogP contribution < -0.4 is 11.1 Å². The Hall–Kier alpha value is -2.43. The van der Waals surface area contributed by atoms with E-state index in [1.165, 1.54) is 0 Å². The van der Waals surface area contributed by atoms with Crippen molar-refractivity contribution in [3.63, 3.8) is 0 Å². The Labute approximate surface area is 117 Å². The van der Waals surface area contributed by atoms with Gasteiger partial charge in [0.15, 0.2) is 0 Å². The molecule has 0 aliphatic rings. The van der Waals surface area contributed by atoms with Crippen molar-refractivity contribution < 1.29 is 13.9 Å². The molecule has 0 saturated heterocycles. The van der Waals surface area contributed by atoms with E-state index in [1.54, 1.807) is 31.4 Å². The molecule has 0 radical (unpaired) electrons. The van der Waals surface area contributed by atoms with E-state index < -0.39 is 5.97 Å². The molecule has 0 aliphatic carbocycles. The van der Waals surface area contributed by atoms with Gasteiger partial charge in [0.1, 0.15) is 5.76 Å². The first kappa shape index (κ1) is 14.0. The fourth-order valence-electron chi connectivity index (χ4n) is 1.94. The predicted molar refractivity (Wildman–Crippen MR) is 77.6 cm³/mol. The lowest BCUT2D eigenvalue weighted by molar-refractivity contribution is 0.0527. The number of nitrogens with one attached hydrogen (secondary N) is 1. The van der Waals surface area contributed by atoms with Crippen LogP contribution in [0.5, 0.6) is 0 Å². The minimum atomic E-state index is -0.394. The molecule has 106 valence electrons. The number of esters is 1. The van der Waals surface area contributed by atoms with Crippen LogP contribution in [0.15, 0.2) is 41.0 Å². The van der Waals surface area contributed by atoms with E-state index in [-0.39, 0.29) is 6.04 Å². The Kier molecular flexibility index (Phi) is 4.30. The van der Waals surface area contributed by atoms with Crippen molar-refractivity contribution in [2.24, 2.45) is 0 Å². The van der Waals surface area contributed by atoms with E-state index in [4.69, 9.17) is 14.9 Å². The highest BCUT2D eigenvalue weighted by Crippen LogP contribution is 2.28. The maximum Gasteiger partial charge on any atom is 0.340 e. The quantitative estimate of drug-likeness (QED) is 0.646. The van der Waals surface area contributed by atoms with Gasteiger partial charge in [-0.2, -0.15) is 0 Å². The number of nitrogen functional groups attached to an aromatic ring is 1. The number of para-hydroxylation sites is 1. The van der Waals surface area contributed by atoms with Crippen molar-refractivity contribution in [3.05, 3.63) is 47.9 Å². The van der Waals surface area contributed by atoms with Gasteiger partial charge in [0.2, 0.25) is 0 Å². The van der Waals surface area contributed by atoms with Gasteiger partial charge in [0.05, 0.1) is 35.9 Å². The maximum atomic E-state index is 11.9. The van der Waals surface area contributed by atoms with Crippen LogP contribution in [0.3, 0.4) is 0 Å². The van der Waals surface area contributed by atoms with Crippen LogP contribution in [0.4, 0.5) is 11.4 Å². The molecular formula is C15H18N2O3. The largest absolute Gasteiger partial charge is 0.467 e. The molecule has 0 bridgehead atoms. The van der Waals surface area contributed by atoms with Gasteiger partial charge >= 0.3 is 5.97 Å². The zero-order valence-electron chi connectivity index (χ0n) is 11.6. The molecular weight excluding hydrogens is 256 g/mol. The van der Waals surface area contributed by atoms with E-state index in [9.17, 15) is 4.79 Å². The topological polar surface area (TPSA) is 77.5 Å². The average molecular weight is 274 g/mol. The maximum absolute atomic E-state index is 11.9. The Bertz CT molecular complexity index is 579. The number of hydrogen-bond donors (Lipinski definition) is 2. The first-order chi connectivity index (χ1) is 9.63. The second kappa shape index (κ2) is 6.14. The number of hydrogen-bond acceptors (Lipinski definition) is 5. The van der Waals surface area contributed by atoms with Gasteiger partial charge in [-0.05, 0) is 38.1 Å². The minimum absolute atomic E-state index is 0.108. The number of ether oxygens (including phenoxy) is 1. The Morgan fingerprint density at radius 1 is 1.40 bits per heavy atom. The summed E-state index contributed by atoms with van der Waals surface area (Å²) in [5.74, 6) is 0.372. The minimum Gasteiger partial charge on any atom is -0.467 e. The summed E-state index contributed by atoms with van der Waals surface area (Å²) in [7, 11) is 0. The second-order valence-corrected chi connectivity index (χ2v) is 4.37. The fourth-order valence-corrected chi connectivity index (χ4v) is 1.94. The Morgan fingerprint density at radius 2 is 2.20 bits per heavy atom. The first-order valence-electron chi connectivity index (χ1n) is 6.49. The molecule has 20 heavy (non-hydrogen) atoms. The normalized spacial score (nSPS) is 11.9. The van der Waals surface area contributed by atoms with Crippen LogP contribution in [0.2, 0.25) is 0 Å². The molecule has 0 amide bonds. The van der Waals surface area contributed by atoms with Crippen LogP contribution in [-0.2, 0) is 4.74 Å². The number of furan rings is 1. The molecule has 1 aromatic heterocycles. The summed E-state index contributed by atoms with van der Waals surface area (Å²) < 4.78 is 10.4. The molecule has 0 aliphatic heterocycles. The van der Waals surface area contributed by atoms with Crippen molar-refractivity contribution >= 4 is 17.3 Å². The summed E-state index contributed by atoms with van der Waals surface area (Å²) in [6.45, 7) is 4.02. The van der Waals surface area contributed by atoms with Crippen molar-refractivity contribution in [2.75, 3.05) is 17.7 Å². The van der Waals surface area contributed by atoms with Crippen LogP contribution >= 0.6 is 0 Å². The van der Waals surface area contributed by atoms with Gasteiger partial charge in [-0.3, -0.25) is 0 Å². The number of anilines is 2. The Morgan fingerprint density at radius 3 is 2.85 bits per heavy atom. The van der Waals surface area contributed by atoms with Gasteiger partial charge in [0, 0.05) is 0 Å². The third-order valence-electron chi connectivity index (χ3n) is 2.92. The number of nitrogens with two attached hydrogens (primary N) is 1. The summed E-state index contributed by atoms with van der Waals surface area (Å²) in [4.78, 5) is 11.9. The smallest absolute Gasteiger partial charge is 0.340 e. The Balaban J connectivity index is 2.28. The SMILES string of the molecule is CCOC(=O)c1cccc(N)c1NC(C)c1ccco1. The molecule has 2 rings (SSSR count). The standard InChI is InChI=1S/C15H18N2O3/c1-3-19-15(18)11-6-4-7-12(16)14(11)17-10(2)13-8-5-9-20-13/h4-10,17H,3,16H2,1-2H3. The van der Waals surface area contributed by atoms with Crippen LogP contribution in [0, 0.1) is 0 Å². The number of rotatable bonds is 5. The van der Waals surface area contributed by atoms with Gasteiger partial charge in [-0.25, -0.2) is 4.79 Å². The van der Waals surface area contributed by atoms with Crippen molar-refractivity contribution in [2.45, 2.75) is 19.9 Å². The van der Waals surface area contributed by atoms with Crippen LogP contribution in [-0.4, -0.2) is 12.6 Å². The average Bonchev–Trinajstić information content (AvgIpc) is 2.95. The van der Waals surface area contributed by atoms with E-state index in [0.29, 0.717) is 23.5 Å². The van der Waals surface area contributed by atoms with Crippen LogP contribution in [0.1, 0.15) is 36.0 Å². The van der Waals surface area contributed by atoms with Crippen LogP contribution in [0.25, 0.3) is 0 Å². The van der Waals surface area contributed by atoms with Crippen molar-refractivity contribution in [3.8, 4) is 0 Å². The van der Waals surface area contributed by atoms with E-state index >= 15 is 0 Å². The molecule has 5 nitrogen and oxygen atoms in total. The lowest BCUT2D eigenvalue weighted by Gasteiger charge is -2.17. The van der Waals surface area contributed by atoms with Gasteiger partial charge in [-0.15, -0.1) is 0 Å². The third kappa shape index (κ3) is 2.93. The molecule has 3 N–H and O–H groups in total. The molecule has 5 heteroatoms. The van der Waals surface area contributed by atoms with Gasteiger partial charge < -0.3 is 20.2 Å². The summed E-state index contributed by atoms with van der Waals surface area (Å²) in [6.07, 6.45) is 1.61. The third-order valence-corrected chi connectivity index (χ3v) is 2.92. The molecule has 0 fully saturated rings. The second-order valence-electron chi connectivity index (χ2n) is 4.37. The number of carbonyl (C=O) groups excluding carboxylic acids is 1. The molecule has 1 atom stereocenters. The summed E-state index contributed by atoms with van der Waals surface area (Å²) in [5, 5.41) is 3.20. The number of carbonyl (C=O) groups is 1. The highest BCUT2D eigenvalue weighted by atomic mass is 16.5. The monoisotopic (exact) mass is 274 g/mol. The molecule has 2 aromatic rings. The molecule has 0 saturated carbocycles. The fraction of sp³-hybridized carbons (Fsp3) is 0.267. The zero-order chi connectivity index (χ0) is 14.5. The van der Waals surface area contributed by atoms with Gasteiger partial charge in [0.25, 0.3) is 0 Å². The summed E-state index contributed by atoms with van der Waals surface area (Å²) in [6, 6.07) is 8.72. The first-order valence-corrected chi connectivity index (χ1v) is 6.49. The van der Waals surface area contributed by atoms with E-state index in [1.807, 2.05) is 19.1 Å². The number of benzene rings is 1. The van der Waals surface area contributed by atoms with E-state index in [0.717, 1.165) is 5.76 Å². The highest BCUT2D eigenvalue weighted by Gasteiger charge is 2.17. The summed E-state index contributed by atoms with van der Waals surface area (Å²) in [5.41, 5.74) is 7.44. The zero-order valence-corrected chi connectivity index (χ0v) is 11.6. The lowest BCUT2D eigenvalue weighted by Crippen LogP contribution is -2.14.